The quantitative estimate of drug-likeness (QED) is 0.772. The van der Waals surface area contributed by atoms with E-state index in [1.807, 2.05) is 13.1 Å². The second-order valence-corrected chi connectivity index (χ2v) is 5.49. The van der Waals surface area contributed by atoms with Gasteiger partial charge in [-0.3, -0.25) is 4.98 Å². The van der Waals surface area contributed by atoms with Crippen molar-refractivity contribution in [3.05, 3.63) is 77.1 Å². The first-order valence-corrected chi connectivity index (χ1v) is 7.40. The minimum absolute atomic E-state index is 0.219. The van der Waals surface area contributed by atoms with Gasteiger partial charge in [-0.1, -0.05) is 54.1 Å². The first kappa shape index (κ1) is 14.1. The average molecular weight is 297 g/mol. The van der Waals surface area contributed by atoms with Crippen LogP contribution >= 0.6 is 11.6 Å². The van der Waals surface area contributed by atoms with Crippen LogP contribution in [0.2, 0.25) is 5.02 Å². The van der Waals surface area contributed by atoms with Gasteiger partial charge in [-0.2, -0.15) is 0 Å². The number of fused-ring (bicyclic) bond motifs is 1. The van der Waals surface area contributed by atoms with E-state index in [4.69, 9.17) is 11.6 Å². The second-order valence-electron chi connectivity index (χ2n) is 5.08. The van der Waals surface area contributed by atoms with Gasteiger partial charge >= 0.3 is 0 Å². The Balaban J connectivity index is 2.01. The molecule has 2 nitrogen and oxygen atoms in total. The van der Waals surface area contributed by atoms with Crippen LogP contribution < -0.4 is 5.32 Å². The zero-order chi connectivity index (χ0) is 14.7. The van der Waals surface area contributed by atoms with Crippen LogP contribution in [0, 0.1) is 0 Å². The Morgan fingerprint density at radius 2 is 1.90 bits per heavy atom. The molecule has 21 heavy (non-hydrogen) atoms. The van der Waals surface area contributed by atoms with Gasteiger partial charge in [-0.25, -0.2) is 0 Å². The minimum atomic E-state index is 0.219. The molecule has 0 amide bonds. The van der Waals surface area contributed by atoms with Crippen molar-refractivity contribution < 1.29 is 0 Å². The highest BCUT2D eigenvalue weighted by Gasteiger charge is 2.14. The number of halogens is 1. The van der Waals surface area contributed by atoms with E-state index in [9.17, 15) is 0 Å². The molecule has 3 rings (SSSR count). The normalized spacial score (nSPS) is 12.5. The molecule has 106 valence electrons. The van der Waals surface area contributed by atoms with Crippen molar-refractivity contribution in [2.24, 2.45) is 0 Å². The molecule has 3 aromatic rings. The molecule has 0 saturated heterocycles. The zero-order valence-corrected chi connectivity index (χ0v) is 12.6. The molecule has 1 aromatic heterocycles. The maximum absolute atomic E-state index is 6.24. The lowest BCUT2D eigenvalue weighted by atomic mass is 9.94. The summed E-state index contributed by atoms with van der Waals surface area (Å²) in [6.45, 7) is 0. The molecule has 1 N–H and O–H groups in total. The van der Waals surface area contributed by atoms with E-state index in [0.29, 0.717) is 0 Å². The van der Waals surface area contributed by atoms with Gasteiger partial charge in [0.25, 0.3) is 0 Å². The smallest absolute Gasteiger partial charge is 0.0622 e. The third-order valence-corrected chi connectivity index (χ3v) is 4.17. The summed E-state index contributed by atoms with van der Waals surface area (Å²) >= 11 is 6.24. The number of hydrogen-bond donors (Lipinski definition) is 1. The summed E-state index contributed by atoms with van der Waals surface area (Å²) in [7, 11) is 1.99. The Morgan fingerprint density at radius 3 is 2.71 bits per heavy atom. The van der Waals surface area contributed by atoms with E-state index in [1.54, 1.807) is 12.4 Å². The van der Waals surface area contributed by atoms with Crippen molar-refractivity contribution in [1.82, 2.24) is 10.3 Å². The molecule has 3 heteroatoms. The molecule has 1 unspecified atom stereocenters. The topological polar surface area (TPSA) is 24.9 Å². The van der Waals surface area contributed by atoms with E-state index in [0.717, 1.165) is 17.0 Å². The minimum Gasteiger partial charge on any atom is -0.313 e. The number of rotatable bonds is 4. The van der Waals surface area contributed by atoms with Crippen LogP contribution in [0.4, 0.5) is 0 Å². The molecular formula is C18H17ClN2. The molecule has 0 bridgehead atoms. The number of nitrogens with zero attached hydrogens (tertiary/aromatic N) is 1. The highest BCUT2D eigenvalue weighted by atomic mass is 35.5. The standard InChI is InChI=1S/C18H17ClN2/c1-20-18(11-14-9-10-21-12-17(14)19)16-8-4-6-13-5-2-3-7-15(13)16/h2-10,12,18,20H,11H2,1H3. The summed E-state index contributed by atoms with van der Waals surface area (Å²) in [5.41, 5.74) is 2.41. The van der Waals surface area contributed by atoms with Gasteiger partial charge in [0.1, 0.15) is 0 Å². The molecule has 2 aromatic carbocycles. The van der Waals surface area contributed by atoms with Gasteiger partial charge in [0, 0.05) is 18.4 Å². The maximum Gasteiger partial charge on any atom is 0.0622 e. The zero-order valence-electron chi connectivity index (χ0n) is 11.9. The third-order valence-electron chi connectivity index (χ3n) is 3.83. The Morgan fingerprint density at radius 1 is 1.10 bits per heavy atom. The van der Waals surface area contributed by atoms with Crippen LogP contribution in [0.3, 0.4) is 0 Å². The molecule has 1 atom stereocenters. The van der Waals surface area contributed by atoms with E-state index >= 15 is 0 Å². The van der Waals surface area contributed by atoms with Gasteiger partial charge in [-0.15, -0.1) is 0 Å². The van der Waals surface area contributed by atoms with Crippen LogP contribution in [0.25, 0.3) is 10.8 Å². The van der Waals surface area contributed by atoms with Crippen LogP contribution in [0.5, 0.6) is 0 Å². The fourth-order valence-electron chi connectivity index (χ4n) is 2.71. The first-order valence-electron chi connectivity index (χ1n) is 7.03. The predicted octanol–water partition coefficient (Wildman–Crippen LogP) is 4.39. The summed E-state index contributed by atoms with van der Waals surface area (Å²) in [6.07, 6.45) is 4.33. The molecule has 0 aliphatic carbocycles. The highest BCUT2D eigenvalue weighted by molar-refractivity contribution is 6.31. The summed E-state index contributed by atoms with van der Waals surface area (Å²) in [5.74, 6) is 0. The fraction of sp³-hybridized carbons (Fsp3) is 0.167. The highest BCUT2D eigenvalue weighted by Crippen LogP contribution is 2.28. The van der Waals surface area contributed by atoms with Crippen LogP contribution in [0.1, 0.15) is 17.2 Å². The summed E-state index contributed by atoms with van der Waals surface area (Å²) in [4.78, 5) is 4.05. The molecule has 0 aliphatic heterocycles. The van der Waals surface area contributed by atoms with Crippen LogP contribution in [-0.4, -0.2) is 12.0 Å². The van der Waals surface area contributed by atoms with Gasteiger partial charge in [-0.05, 0) is 41.4 Å². The van der Waals surface area contributed by atoms with Crippen molar-refractivity contribution in [2.75, 3.05) is 7.05 Å². The van der Waals surface area contributed by atoms with Gasteiger partial charge in [0.15, 0.2) is 0 Å². The number of hydrogen-bond acceptors (Lipinski definition) is 2. The number of aromatic nitrogens is 1. The number of nitrogens with one attached hydrogen (secondary N) is 1. The molecule has 0 fully saturated rings. The summed E-state index contributed by atoms with van der Waals surface area (Å²) < 4.78 is 0. The third kappa shape index (κ3) is 2.92. The van der Waals surface area contributed by atoms with Crippen molar-refractivity contribution >= 4 is 22.4 Å². The SMILES string of the molecule is CNC(Cc1ccncc1Cl)c1cccc2ccccc12. The second kappa shape index (κ2) is 6.25. The summed E-state index contributed by atoms with van der Waals surface area (Å²) in [5, 5.41) is 6.67. The van der Waals surface area contributed by atoms with Crippen molar-refractivity contribution in [3.8, 4) is 0 Å². The Labute approximate surface area is 129 Å². The van der Waals surface area contributed by atoms with Gasteiger partial charge in [0.05, 0.1) is 5.02 Å². The van der Waals surface area contributed by atoms with Crippen molar-refractivity contribution in [3.63, 3.8) is 0 Å². The maximum atomic E-state index is 6.24. The lowest BCUT2D eigenvalue weighted by molar-refractivity contribution is 0.596. The monoisotopic (exact) mass is 296 g/mol. The Kier molecular flexibility index (Phi) is 4.18. The molecule has 0 radical (unpaired) electrons. The van der Waals surface area contributed by atoms with E-state index < -0.39 is 0 Å². The largest absolute Gasteiger partial charge is 0.313 e. The molecule has 0 spiro atoms. The lowest BCUT2D eigenvalue weighted by Gasteiger charge is -2.19. The molecule has 0 saturated carbocycles. The van der Waals surface area contributed by atoms with Crippen molar-refractivity contribution in [1.29, 1.82) is 0 Å². The first-order chi connectivity index (χ1) is 10.3. The molecular weight excluding hydrogens is 280 g/mol. The van der Waals surface area contributed by atoms with Gasteiger partial charge < -0.3 is 5.32 Å². The van der Waals surface area contributed by atoms with Crippen LogP contribution in [0.15, 0.2) is 60.9 Å². The lowest BCUT2D eigenvalue weighted by Crippen LogP contribution is -2.19. The van der Waals surface area contributed by atoms with Gasteiger partial charge in [0.2, 0.25) is 0 Å². The van der Waals surface area contributed by atoms with E-state index in [1.165, 1.54) is 16.3 Å². The predicted molar refractivity (Wildman–Crippen MR) is 88.7 cm³/mol. The number of pyridine rings is 1. The van der Waals surface area contributed by atoms with E-state index in [-0.39, 0.29) is 6.04 Å². The average Bonchev–Trinajstić information content (AvgIpc) is 2.54. The fourth-order valence-corrected chi connectivity index (χ4v) is 2.91. The molecule has 1 heterocycles. The Hall–Kier alpha value is -1.90. The number of likely N-dealkylation sites (N-methyl/N-ethyl adjacent to an activating group) is 1. The summed E-state index contributed by atoms with van der Waals surface area (Å²) in [6, 6.07) is 17.1. The molecule has 0 aliphatic rings. The van der Waals surface area contributed by atoms with E-state index in [2.05, 4.69) is 52.8 Å². The number of benzene rings is 2. The Bertz CT molecular complexity index is 750. The van der Waals surface area contributed by atoms with Crippen LogP contribution in [-0.2, 0) is 6.42 Å². The van der Waals surface area contributed by atoms with Crippen molar-refractivity contribution in [2.45, 2.75) is 12.5 Å².